The fraction of sp³-hybridized carbons (Fsp3) is 0.600. The van der Waals surface area contributed by atoms with E-state index >= 15 is 0 Å². The molecule has 0 aliphatic heterocycles. The van der Waals surface area contributed by atoms with Crippen LogP contribution < -0.4 is 4.74 Å². The molecule has 0 fully saturated rings. The van der Waals surface area contributed by atoms with E-state index in [0.717, 1.165) is 12.2 Å². The summed E-state index contributed by atoms with van der Waals surface area (Å²) in [6.45, 7) is 6.78. The summed E-state index contributed by atoms with van der Waals surface area (Å²) in [6, 6.07) is 9.54. The summed E-state index contributed by atoms with van der Waals surface area (Å²) in [7, 11) is 0. The van der Waals surface area contributed by atoms with E-state index in [1.807, 2.05) is 37.3 Å². The van der Waals surface area contributed by atoms with Gasteiger partial charge in [-0.05, 0) is 38.8 Å². The van der Waals surface area contributed by atoms with E-state index in [9.17, 15) is 9.59 Å². The maximum atomic E-state index is 12.5. The maximum absolute atomic E-state index is 12.5. The third-order valence-corrected chi connectivity index (χ3v) is 3.71. The number of benzene rings is 1. The molecule has 6 nitrogen and oxygen atoms in total. The van der Waals surface area contributed by atoms with Crippen LogP contribution in [0.1, 0.15) is 39.5 Å². The molecule has 0 aromatic heterocycles. The number of hydrogen-bond donors (Lipinski definition) is 0. The Morgan fingerprint density at radius 1 is 0.923 bits per heavy atom. The smallest absolute Gasteiger partial charge is 0.307 e. The van der Waals surface area contributed by atoms with Crippen LogP contribution in [0.15, 0.2) is 30.3 Å². The number of esters is 1. The van der Waals surface area contributed by atoms with Gasteiger partial charge in [0, 0.05) is 32.7 Å². The van der Waals surface area contributed by atoms with Crippen molar-refractivity contribution in [2.24, 2.45) is 0 Å². The van der Waals surface area contributed by atoms with Crippen molar-refractivity contribution in [3.63, 3.8) is 0 Å². The molecule has 0 radical (unpaired) electrons. The second-order valence-corrected chi connectivity index (χ2v) is 5.75. The standard InChI is InChI=1S/C20H31NO5/c1-3-24-16-9-14-21(15-13-20(23)25-4-2)19(22)12-8-17-26-18-10-6-5-7-11-18/h5-7,10-11H,3-4,8-9,12-17H2,1-2H3. The summed E-state index contributed by atoms with van der Waals surface area (Å²) in [5.74, 6) is 0.556. The van der Waals surface area contributed by atoms with Crippen molar-refractivity contribution in [2.75, 3.05) is 39.5 Å². The fourth-order valence-electron chi connectivity index (χ4n) is 2.41. The van der Waals surface area contributed by atoms with Gasteiger partial charge in [0.1, 0.15) is 5.75 Å². The second-order valence-electron chi connectivity index (χ2n) is 5.75. The van der Waals surface area contributed by atoms with Gasteiger partial charge in [0.2, 0.25) is 5.91 Å². The highest BCUT2D eigenvalue weighted by molar-refractivity contribution is 5.77. The highest BCUT2D eigenvalue weighted by atomic mass is 16.5. The Balaban J connectivity index is 2.36. The molecule has 26 heavy (non-hydrogen) atoms. The number of nitrogens with zero attached hydrogens (tertiary/aromatic N) is 1. The quantitative estimate of drug-likeness (QED) is 0.374. The molecule has 0 saturated heterocycles. The zero-order valence-corrected chi connectivity index (χ0v) is 15.9. The van der Waals surface area contributed by atoms with E-state index in [1.165, 1.54) is 0 Å². The van der Waals surface area contributed by atoms with E-state index < -0.39 is 0 Å². The number of ether oxygens (including phenoxy) is 3. The minimum atomic E-state index is -0.275. The first-order valence-electron chi connectivity index (χ1n) is 9.36. The van der Waals surface area contributed by atoms with Crippen molar-refractivity contribution in [3.8, 4) is 5.75 Å². The Labute approximate surface area is 156 Å². The maximum Gasteiger partial charge on any atom is 0.307 e. The van der Waals surface area contributed by atoms with Crippen LogP contribution in [0, 0.1) is 0 Å². The molecular weight excluding hydrogens is 334 g/mol. The first kappa shape index (κ1) is 22.0. The number of para-hydroxylation sites is 1. The molecule has 0 saturated carbocycles. The summed E-state index contributed by atoms with van der Waals surface area (Å²) in [4.78, 5) is 25.7. The molecule has 0 aliphatic carbocycles. The predicted octanol–water partition coefficient (Wildman–Crippen LogP) is 3.05. The Morgan fingerprint density at radius 3 is 2.38 bits per heavy atom. The van der Waals surface area contributed by atoms with Crippen molar-refractivity contribution in [2.45, 2.75) is 39.5 Å². The monoisotopic (exact) mass is 365 g/mol. The highest BCUT2D eigenvalue weighted by Crippen LogP contribution is 2.09. The third kappa shape index (κ3) is 10.0. The number of carbonyl (C=O) groups excluding carboxylic acids is 2. The van der Waals surface area contributed by atoms with Crippen LogP contribution in [-0.4, -0.2) is 56.3 Å². The lowest BCUT2D eigenvalue weighted by Crippen LogP contribution is -2.34. The van der Waals surface area contributed by atoms with Gasteiger partial charge in [0.15, 0.2) is 0 Å². The molecular formula is C20H31NO5. The van der Waals surface area contributed by atoms with Gasteiger partial charge in [-0.2, -0.15) is 0 Å². The SMILES string of the molecule is CCOCCCN(CCC(=O)OCC)C(=O)CCCOc1ccccc1. The molecule has 0 heterocycles. The number of hydrogen-bond acceptors (Lipinski definition) is 5. The molecule has 1 rings (SSSR count). The Kier molecular flexibility index (Phi) is 11.9. The lowest BCUT2D eigenvalue weighted by molar-refractivity contribution is -0.144. The van der Waals surface area contributed by atoms with Crippen LogP contribution in [0.3, 0.4) is 0 Å². The Bertz CT molecular complexity index is 506. The van der Waals surface area contributed by atoms with Gasteiger partial charge in [-0.15, -0.1) is 0 Å². The average Bonchev–Trinajstić information content (AvgIpc) is 2.65. The molecule has 0 atom stereocenters. The van der Waals surface area contributed by atoms with E-state index in [0.29, 0.717) is 52.4 Å². The van der Waals surface area contributed by atoms with E-state index in [4.69, 9.17) is 14.2 Å². The van der Waals surface area contributed by atoms with Crippen molar-refractivity contribution in [3.05, 3.63) is 30.3 Å². The Morgan fingerprint density at radius 2 is 1.69 bits per heavy atom. The lowest BCUT2D eigenvalue weighted by Gasteiger charge is -2.22. The summed E-state index contributed by atoms with van der Waals surface area (Å²) in [6.07, 6.45) is 2.00. The molecule has 6 heteroatoms. The van der Waals surface area contributed by atoms with Crippen LogP contribution >= 0.6 is 0 Å². The van der Waals surface area contributed by atoms with E-state index in [-0.39, 0.29) is 18.3 Å². The van der Waals surface area contributed by atoms with Crippen LogP contribution in [0.5, 0.6) is 5.75 Å². The topological polar surface area (TPSA) is 65.1 Å². The van der Waals surface area contributed by atoms with Crippen LogP contribution in [-0.2, 0) is 19.1 Å². The van der Waals surface area contributed by atoms with Crippen molar-refractivity contribution < 1.29 is 23.8 Å². The Hall–Kier alpha value is -2.08. The van der Waals surface area contributed by atoms with Gasteiger partial charge in [0.25, 0.3) is 0 Å². The first-order valence-corrected chi connectivity index (χ1v) is 9.36. The van der Waals surface area contributed by atoms with Crippen LogP contribution in [0.25, 0.3) is 0 Å². The van der Waals surface area contributed by atoms with Crippen LogP contribution in [0.4, 0.5) is 0 Å². The molecule has 0 spiro atoms. The molecule has 1 aromatic carbocycles. The largest absolute Gasteiger partial charge is 0.494 e. The molecule has 1 aromatic rings. The van der Waals surface area contributed by atoms with Crippen molar-refractivity contribution in [1.82, 2.24) is 4.90 Å². The molecule has 0 N–H and O–H groups in total. The van der Waals surface area contributed by atoms with Crippen molar-refractivity contribution >= 4 is 11.9 Å². The van der Waals surface area contributed by atoms with E-state index in [2.05, 4.69) is 0 Å². The van der Waals surface area contributed by atoms with Gasteiger partial charge in [-0.25, -0.2) is 0 Å². The van der Waals surface area contributed by atoms with E-state index in [1.54, 1.807) is 11.8 Å². The molecule has 0 aliphatic rings. The summed E-state index contributed by atoms with van der Waals surface area (Å²) >= 11 is 0. The number of rotatable bonds is 14. The zero-order valence-electron chi connectivity index (χ0n) is 15.9. The number of carbonyl (C=O) groups is 2. The van der Waals surface area contributed by atoms with Gasteiger partial charge >= 0.3 is 5.97 Å². The minimum absolute atomic E-state index is 0.0301. The molecule has 146 valence electrons. The average molecular weight is 365 g/mol. The van der Waals surface area contributed by atoms with Gasteiger partial charge in [-0.3, -0.25) is 9.59 Å². The first-order chi connectivity index (χ1) is 12.7. The minimum Gasteiger partial charge on any atom is -0.494 e. The highest BCUT2D eigenvalue weighted by Gasteiger charge is 2.15. The zero-order chi connectivity index (χ0) is 19.0. The summed E-state index contributed by atoms with van der Waals surface area (Å²) < 4.78 is 15.9. The number of amides is 1. The van der Waals surface area contributed by atoms with Gasteiger partial charge in [0.05, 0.1) is 19.6 Å². The summed E-state index contributed by atoms with van der Waals surface area (Å²) in [5, 5.41) is 0. The lowest BCUT2D eigenvalue weighted by atomic mass is 10.2. The van der Waals surface area contributed by atoms with Gasteiger partial charge in [-0.1, -0.05) is 18.2 Å². The molecule has 1 amide bonds. The van der Waals surface area contributed by atoms with Crippen molar-refractivity contribution in [1.29, 1.82) is 0 Å². The molecule has 0 bridgehead atoms. The molecule has 0 unspecified atom stereocenters. The second kappa shape index (κ2) is 14.1. The third-order valence-electron chi connectivity index (χ3n) is 3.71. The van der Waals surface area contributed by atoms with Crippen LogP contribution in [0.2, 0.25) is 0 Å². The summed E-state index contributed by atoms with van der Waals surface area (Å²) in [5.41, 5.74) is 0. The predicted molar refractivity (Wildman–Crippen MR) is 100 cm³/mol. The van der Waals surface area contributed by atoms with Gasteiger partial charge < -0.3 is 19.1 Å². The normalized spacial score (nSPS) is 10.4. The fourth-order valence-corrected chi connectivity index (χ4v) is 2.41.